The summed E-state index contributed by atoms with van der Waals surface area (Å²) in [5, 5.41) is 11.6. The molecule has 5 rings (SSSR count). The molecule has 3 heterocycles. The Balaban J connectivity index is 1.52. The van der Waals surface area contributed by atoms with Crippen molar-refractivity contribution in [1.29, 1.82) is 0 Å². The van der Waals surface area contributed by atoms with Crippen LogP contribution in [0.2, 0.25) is 0 Å². The number of nitrogens with zero attached hydrogens (tertiary/aromatic N) is 4. The molecule has 4 aromatic rings. The number of anilines is 2. The van der Waals surface area contributed by atoms with E-state index in [4.69, 9.17) is 4.74 Å². The Morgan fingerprint density at radius 3 is 2.73 bits per heavy atom. The van der Waals surface area contributed by atoms with Crippen molar-refractivity contribution >= 4 is 49.7 Å². The molecule has 8 nitrogen and oxygen atoms in total. The first-order valence-corrected chi connectivity index (χ1v) is 11.6. The van der Waals surface area contributed by atoms with Crippen molar-refractivity contribution in [3.05, 3.63) is 41.8 Å². The first kappa shape index (κ1) is 21.6. The number of amides is 1. The summed E-state index contributed by atoms with van der Waals surface area (Å²) in [6, 6.07) is 7.43. The number of nitrogens with one attached hydrogen (secondary N) is 2. The number of benzene rings is 2. The fourth-order valence-corrected chi connectivity index (χ4v) is 5.45. The van der Waals surface area contributed by atoms with Crippen molar-refractivity contribution in [3.8, 4) is 5.19 Å². The van der Waals surface area contributed by atoms with Gasteiger partial charge >= 0.3 is 0 Å². The van der Waals surface area contributed by atoms with Crippen LogP contribution in [0.25, 0.3) is 21.1 Å². The van der Waals surface area contributed by atoms with Crippen LogP contribution in [-0.4, -0.2) is 53.0 Å². The lowest BCUT2D eigenvalue weighted by atomic mass is 10.1. The van der Waals surface area contributed by atoms with Gasteiger partial charge in [0.1, 0.15) is 11.0 Å². The van der Waals surface area contributed by atoms with Crippen molar-refractivity contribution in [1.82, 2.24) is 20.1 Å². The molecular formula is C23H25FN6O2S. The minimum absolute atomic E-state index is 0.269. The highest BCUT2D eigenvalue weighted by atomic mass is 32.1. The first-order chi connectivity index (χ1) is 15.8. The number of ether oxygens (including phenoxy) is 1. The molecule has 1 fully saturated rings. The number of aromatic nitrogens is 3. The van der Waals surface area contributed by atoms with E-state index < -0.39 is 5.82 Å². The summed E-state index contributed by atoms with van der Waals surface area (Å²) in [6.07, 6.45) is 1.71. The number of fused-ring (bicyclic) bond motifs is 2. The molecule has 2 N–H and O–H groups in total. The lowest BCUT2D eigenvalue weighted by Crippen LogP contribution is -2.54. The molecule has 0 saturated carbocycles. The predicted molar refractivity (Wildman–Crippen MR) is 129 cm³/mol. The minimum Gasteiger partial charge on any atom is -0.473 e. The largest absolute Gasteiger partial charge is 0.473 e. The average Bonchev–Trinajstić information content (AvgIpc) is 3.35. The summed E-state index contributed by atoms with van der Waals surface area (Å²) in [4.78, 5) is 20.1. The molecule has 2 aromatic heterocycles. The number of halogens is 1. The smallest absolute Gasteiger partial charge is 0.274 e. The number of piperazine rings is 1. The number of rotatable bonds is 4. The number of carbonyl (C=O) groups is 1. The molecule has 2 atom stereocenters. The zero-order valence-corrected chi connectivity index (χ0v) is 19.7. The Morgan fingerprint density at radius 1 is 1.24 bits per heavy atom. The van der Waals surface area contributed by atoms with Gasteiger partial charge in [0, 0.05) is 49.5 Å². The van der Waals surface area contributed by atoms with Crippen LogP contribution in [0.3, 0.4) is 0 Å². The summed E-state index contributed by atoms with van der Waals surface area (Å²) < 4.78 is 22.3. The van der Waals surface area contributed by atoms with Gasteiger partial charge in [-0.3, -0.25) is 9.48 Å². The lowest BCUT2D eigenvalue weighted by Gasteiger charge is -2.37. The Morgan fingerprint density at radius 2 is 2.00 bits per heavy atom. The summed E-state index contributed by atoms with van der Waals surface area (Å²) in [5.74, 6) is -0.842. The summed E-state index contributed by atoms with van der Waals surface area (Å²) in [6.45, 7) is 6.03. The van der Waals surface area contributed by atoms with Gasteiger partial charge in [-0.25, -0.2) is 9.37 Å². The molecular weight excluding hydrogens is 443 g/mol. The van der Waals surface area contributed by atoms with Crippen LogP contribution < -0.4 is 20.3 Å². The number of aryl methyl sites for hydroxylation is 1. The maximum absolute atomic E-state index is 14.5. The van der Waals surface area contributed by atoms with Crippen LogP contribution in [0.5, 0.6) is 5.19 Å². The molecule has 10 heteroatoms. The van der Waals surface area contributed by atoms with Crippen molar-refractivity contribution < 1.29 is 13.9 Å². The predicted octanol–water partition coefficient (Wildman–Crippen LogP) is 3.77. The van der Waals surface area contributed by atoms with E-state index in [1.165, 1.54) is 17.4 Å². The van der Waals surface area contributed by atoms with Gasteiger partial charge in [-0.1, -0.05) is 11.3 Å². The highest BCUT2D eigenvalue weighted by Crippen LogP contribution is 2.38. The van der Waals surface area contributed by atoms with Gasteiger partial charge in [0.2, 0.25) is 0 Å². The average molecular weight is 469 g/mol. The van der Waals surface area contributed by atoms with Gasteiger partial charge in [0.25, 0.3) is 11.1 Å². The van der Waals surface area contributed by atoms with Crippen LogP contribution >= 0.6 is 11.3 Å². The molecule has 1 amide bonds. The third kappa shape index (κ3) is 4.00. The van der Waals surface area contributed by atoms with E-state index in [1.807, 2.05) is 6.07 Å². The molecule has 0 unspecified atom stereocenters. The molecule has 1 saturated heterocycles. The molecule has 2 aromatic carbocycles. The van der Waals surface area contributed by atoms with E-state index in [-0.39, 0.29) is 11.4 Å². The zero-order chi connectivity index (χ0) is 23.3. The maximum atomic E-state index is 14.5. The minimum atomic E-state index is -0.485. The molecule has 33 heavy (non-hydrogen) atoms. The Kier molecular flexibility index (Phi) is 5.41. The first-order valence-electron chi connectivity index (χ1n) is 10.7. The molecule has 0 spiro atoms. The van der Waals surface area contributed by atoms with E-state index in [2.05, 4.69) is 39.5 Å². The van der Waals surface area contributed by atoms with Crippen LogP contribution in [0.15, 0.2) is 30.5 Å². The molecule has 0 radical (unpaired) electrons. The number of thiazole rings is 1. The lowest BCUT2D eigenvalue weighted by molar-refractivity contribution is 0.102. The summed E-state index contributed by atoms with van der Waals surface area (Å²) in [7, 11) is 3.30. The Labute approximate surface area is 194 Å². The van der Waals surface area contributed by atoms with Crippen LogP contribution in [0.1, 0.15) is 24.2 Å². The van der Waals surface area contributed by atoms with Gasteiger partial charge in [-0.2, -0.15) is 5.10 Å². The maximum Gasteiger partial charge on any atom is 0.274 e. The monoisotopic (exact) mass is 468 g/mol. The highest BCUT2D eigenvalue weighted by Gasteiger charge is 2.26. The molecule has 0 aliphatic carbocycles. The molecule has 1 aliphatic rings. The zero-order valence-electron chi connectivity index (χ0n) is 18.8. The number of hydrogen-bond acceptors (Lipinski definition) is 7. The fraction of sp³-hybridized carbons (Fsp3) is 0.348. The second-order valence-corrected chi connectivity index (χ2v) is 9.48. The normalized spacial score (nSPS) is 18.8. The fourth-order valence-electron chi connectivity index (χ4n) is 4.50. The van der Waals surface area contributed by atoms with Gasteiger partial charge in [0.05, 0.1) is 23.1 Å². The third-order valence-corrected chi connectivity index (χ3v) is 6.79. The Hall–Kier alpha value is -3.24. The van der Waals surface area contributed by atoms with E-state index in [9.17, 15) is 9.18 Å². The highest BCUT2D eigenvalue weighted by molar-refractivity contribution is 7.21. The Bertz CT molecular complexity index is 1360. The molecule has 0 bridgehead atoms. The van der Waals surface area contributed by atoms with Crippen LogP contribution in [0, 0.1) is 5.82 Å². The van der Waals surface area contributed by atoms with Crippen LogP contribution in [-0.2, 0) is 7.05 Å². The quantitative estimate of drug-likeness (QED) is 0.474. The van der Waals surface area contributed by atoms with Crippen molar-refractivity contribution in [2.45, 2.75) is 25.9 Å². The van der Waals surface area contributed by atoms with Crippen LogP contribution in [0.4, 0.5) is 15.8 Å². The number of carbonyl (C=O) groups excluding carboxylic acids is 1. The number of methoxy groups -OCH3 is 1. The van der Waals surface area contributed by atoms with E-state index in [0.717, 1.165) is 23.5 Å². The second-order valence-electron chi connectivity index (χ2n) is 8.52. The van der Waals surface area contributed by atoms with E-state index in [1.54, 1.807) is 37.2 Å². The van der Waals surface area contributed by atoms with Crippen molar-refractivity contribution in [2.75, 3.05) is 30.4 Å². The van der Waals surface area contributed by atoms with Gasteiger partial charge in [-0.05, 0) is 38.1 Å². The third-order valence-electron chi connectivity index (χ3n) is 5.76. The summed E-state index contributed by atoms with van der Waals surface area (Å²) >= 11 is 1.42. The van der Waals surface area contributed by atoms with E-state index >= 15 is 0 Å². The van der Waals surface area contributed by atoms with E-state index in [0.29, 0.717) is 39.4 Å². The van der Waals surface area contributed by atoms with Gasteiger partial charge < -0.3 is 20.3 Å². The van der Waals surface area contributed by atoms with Crippen molar-refractivity contribution in [2.24, 2.45) is 7.05 Å². The topological polar surface area (TPSA) is 84.3 Å². The van der Waals surface area contributed by atoms with Crippen molar-refractivity contribution in [3.63, 3.8) is 0 Å². The van der Waals surface area contributed by atoms with Gasteiger partial charge in [-0.15, -0.1) is 0 Å². The number of hydrogen-bond donors (Lipinski definition) is 2. The SMILES string of the molecule is COc1nc2c(C(=O)Nc3cc(F)c4nn(C)cc4c3)ccc(N3C[C@H](C)N[C@@H](C)C3)c2s1. The standard InChI is InChI=1S/C23H25FN6O2S/c1-12-9-30(10-13(2)25-12)18-6-5-16(20-21(18)33-23(27-20)32-4)22(31)26-15-7-14-11-29(3)28-19(14)17(24)8-15/h5-8,11-13,25H,9-10H2,1-4H3,(H,26,31)/t12-,13-/m0/s1. The second kappa shape index (κ2) is 8.27. The molecule has 1 aliphatic heterocycles. The summed E-state index contributed by atoms with van der Waals surface area (Å²) in [5.41, 5.74) is 2.66. The molecule has 172 valence electrons. The van der Waals surface area contributed by atoms with Gasteiger partial charge in [0.15, 0.2) is 5.82 Å².